The van der Waals surface area contributed by atoms with E-state index in [1.807, 2.05) is 12.1 Å². The van der Waals surface area contributed by atoms with E-state index in [0.717, 1.165) is 44.5 Å². The van der Waals surface area contributed by atoms with Crippen LogP contribution >= 0.6 is 0 Å². The van der Waals surface area contributed by atoms with Crippen LogP contribution in [0.15, 0.2) is 48.5 Å². The van der Waals surface area contributed by atoms with Gasteiger partial charge in [0, 0.05) is 31.7 Å². The molecule has 7 heteroatoms. The molecule has 0 aromatic heterocycles. The Balaban J connectivity index is 1.39. The minimum atomic E-state index is -0.492. The second kappa shape index (κ2) is 9.96. The van der Waals surface area contributed by atoms with Gasteiger partial charge in [-0.15, -0.1) is 0 Å². The fourth-order valence-corrected chi connectivity index (χ4v) is 2.94. The molecule has 6 nitrogen and oxygen atoms in total. The number of morpholine rings is 1. The van der Waals surface area contributed by atoms with Crippen LogP contribution in [0, 0.1) is 5.82 Å². The quantitative estimate of drug-likeness (QED) is 0.761. The molecule has 1 saturated heterocycles. The summed E-state index contributed by atoms with van der Waals surface area (Å²) in [5.41, 5.74) is 2.39. The molecule has 0 spiro atoms. The normalized spacial score (nSPS) is 14.5. The van der Waals surface area contributed by atoms with E-state index in [9.17, 15) is 14.0 Å². The summed E-state index contributed by atoms with van der Waals surface area (Å²) < 4.78 is 18.5. The van der Waals surface area contributed by atoms with Crippen molar-refractivity contribution in [1.82, 2.24) is 15.5 Å². The Morgan fingerprint density at radius 1 is 1.00 bits per heavy atom. The predicted molar refractivity (Wildman–Crippen MR) is 103 cm³/mol. The number of nitrogens with zero attached hydrogens (tertiary/aromatic N) is 1. The molecule has 1 fully saturated rings. The lowest BCUT2D eigenvalue weighted by Crippen LogP contribution is -2.36. The largest absolute Gasteiger partial charge is 0.379 e. The van der Waals surface area contributed by atoms with Gasteiger partial charge in [-0.1, -0.05) is 30.3 Å². The Morgan fingerprint density at radius 2 is 1.71 bits per heavy atom. The molecular formula is C21H24FN3O3. The van der Waals surface area contributed by atoms with Gasteiger partial charge in [0.25, 0.3) is 5.91 Å². The van der Waals surface area contributed by atoms with Gasteiger partial charge in [-0.25, -0.2) is 4.39 Å². The van der Waals surface area contributed by atoms with Gasteiger partial charge in [-0.3, -0.25) is 14.5 Å². The smallest absolute Gasteiger partial charge is 0.251 e. The Morgan fingerprint density at radius 3 is 2.43 bits per heavy atom. The van der Waals surface area contributed by atoms with E-state index in [1.165, 1.54) is 23.8 Å². The van der Waals surface area contributed by atoms with Gasteiger partial charge < -0.3 is 15.4 Å². The molecule has 148 valence electrons. The van der Waals surface area contributed by atoms with Gasteiger partial charge in [0.1, 0.15) is 5.82 Å². The number of hydrogen-bond acceptors (Lipinski definition) is 4. The third-order valence-electron chi connectivity index (χ3n) is 4.52. The van der Waals surface area contributed by atoms with Crippen molar-refractivity contribution in [2.24, 2.45) is 0 Å². The number of ether oxygens (including phenoxy) is 1. The number of hydrogen-bond donors (Lipinski definition) is 2. The van der Waals surface area contributed by atoms with E-state index in [-0.39, 0.29) is 18.0 Å². The molecule has 0 atom stereocenters. The monoisotopic (exact) mass is 385 g/mol. The number of nitrogens with one attached hydrogen (secondary N) is 2. The van der Waals surface area contributed by atoms with E-state index in [0.29, 0.717) is 6.54 Å². The highest BCUT2D eigenvalue weighted by atomic mass is 19.1. The minimum Gasteiger partial charge on any atom is -0.379 e. The predicted octanol–water partition coefficient (Wildman–Crippen LogP) is 1.70. The molecule has 0 saturated carbocycles. The van der Waals surface area contributed by atoms with Gasteiger partial charge in [-0.05, 0) is 29.3 Å². The number of halogens is 1. The van der Waals surface area contributed by atoms with E-state index >= 15 is 0 Å². The van der Waals surface area contributed by atoms with Crippen molar-refractivity contribution in [3.63, 3.8) is 0 Å². The number of amides is 2. The van der Waals surface area contributed by atoms with E-state index in [4.69, 9.17) is 4.74 Å². The first-order valence-corrected chi connectivity index (χ1v) is 9.28. The molecule has 2 amide bonds. The van der Waals surface area contributed by atoms with Gasteiger partial charge in [-0.2, -0.15) is 0 Å². The molecule has 0 bridgehead atoms. The molecular weight excluding hydrogens is 361 g/mol. The highest BCUT2D eigenvalue weighted by Gasteiger charge is 2.11. The first-order valence-electron chi connectivity index (χ1n) is 9.28. The van der Waals surface area contributed by atoms with Gasteiger partial charge in [0.2, 0.25) is 5.91 Å². The number of carbonyl (C=O) groups is 2. The zero-order chi connectivity index (χ0) is 19.8. The van der Waals surface area contributed by atoms with Crippen molar-refractivity contribution in [2.45, 2.75) is 13.1 Å². The summed E-state index contributed by atoms with van der Waals surface area (Å²) in [5.74, 6) is -1.28. The lowest BCUT2D eigenvalue weighted by Gasteiger charge is -2.26. The summed E-state index contributed by atoms with van der Waals surface area (Å²) in [7, 11) is 0. The zero-order valence-corrected chi connectivity index (χ0v) is 15.6. The first-order chi connectivity index (χ1) is 13.6. The van der Waals surface area contributed by atoms with E-state index in [2.05, 4.69) is 27.7 Å². The standard InChI is InChI=1S/C21H24FN3O3/c22-19-3-1-2-18(12-19)21(27)24-14-20(26)23-13-16-4-6-17(7-5-16)15-25-8-10-28-11-9-25/h1-7,12H,8-11,13-15H2,(H,23,26)(H,24,27). The van der Waals surface area contributed by atoms with Crippen molar-refractivity contribution < 1.29 is 18.7 Å². The summed E-state index contributed by atoms with van der Waals surface area (Å²) in [4.78, 5) is 26.2. The van der Waals surface area contributed by atoms with Gasteiger partial charge in [0.15, 0.2) is 0 Å². The van der Waals surface area contributed by atoms with E-state index in [1.54, 1.807) is 0 Å². The highest BCUT2D eigenvalue weighted by Crippen LogP contribution is 2.09. The van der Waals surface area contributed by atoms with Crippen molar-refractivity contribution in [2.75, 3.05) is 32.8 Å². The second-order valence-electron chi connectivity index (χ2n) is 6.67. The molecule has 1 aliphatic heterocycles. The average molecular weight is 385 g/mol. The van der Waals surface area contributed by atoms with Crippen LogP contribution < -0.4 is 10.6 Å². The SMILES string of the molecule is O=C(CNC(=O)c1cccc(F)c1)NCc1ccc(CN2CCOCC2)cc1. The summed E-state index contributed by atoms with van der Waals surface area (Å²) in [6.45, 7) is 4.55. The van der Waals surface area contributed by atoms with Gasteiger partial charge >= 0.3 is 0 Å². The molecule has 2 N–H and O–H groups in total. The fraction of sp³-hybridized carbons (Fsp3) is 0.333. The minimum absolute atomic E-state index is 0.162. The average Bonchev–Trinajstić information content (AvgIpc) is 2.72. The lowest BCUT2D eigenvalue weighted by atomic mass is 10.1. The van der Waals surface area contributed by atoms with Crippen molar-refractivity contribution in [1.29, 1.82) is 0 Å². The highest BCUT2D eigenvalue weighted by molar-refractivity contribution is 5.96. The van der Waals surface area contributed by atoms with Crippen LogP contribution in [0.5, 0.6) is 0 Å². The topological polar surface area (TPSA) is 70.7 Å². The van der Waals surface area contributed by atoms with Crippen LogP contribution in [0.1, 0.15) is 21.5 Å². The van der Waals surface area contributed by atoms with Crippen LogP contribution in [-0.4, -0.2) is 49.6 Å². The summed E-state index contributed by atoms with van der Waals surface area (Å²) in [6.07, 6.45) is 0. The Bertz CT molecular complexity index is 805. The molecule has 2 aromatic carbocycles. The summed E-state index contributed by atoms with van der Waals surface area (Å²) in [6, 6.07) is 13.4. The second-order valence-corrected chi connectivity index (χ2v) is 6.67. The Hall–Kier alpha value is -2.77. The lowest BCUT2D eigenvalue weighted by molar-refractivity contribution is -0.120. The van der Waals surface area contributed by atoms with Crippen molar-refractivity contribution in [3.05, 3.63) is 71.0 Å². The number of benzene rings is 2. The van der Waals surface area contributed by atoms with Crippen molar-refractivity contribution >= 4 is 11.8 Å². The van der Waals surface area contributed by atoms with Crippen molar-refractivity contribution in [3.8, 4) is 0 Å². The zero-order valence-electron chi connectivity index (χ0n) is 15.6. The summed E-state index contributed by atoms with van der Waals surface area (Å²) in [5, 5.41) is 5.25. The van der Waals surface area contributed by atoms with Gasteiger partial charge in [0.05, 0.1) is 19.8 Å². The maximum atomic E-state index is 13.1. The molecule has 0 unspecified atom stereocenters. The number of rotatable bonds is 7. The van der Waals surface area contributed by atoms with Crippen LogP contribution in [0.25, 0.3) is 0 Å². The third kappa shape index (κ3) is 6.14. The Labute approximate surface area is 163 Å². The molecule has 0 radical (unpaired) electrons. The van der Waals surface area contributed by atoms with E-state index < -0.39 is 11.7 Å². The summed E-state index contributed by atoms with van der Waals surface area (Å²) >= 11 is 0. The maximum Gasteiger partial charge on any atom is 0.251 e. The van der Waals surface area contributed by atoms with Crippen LogP contribution in [0.2, 0.25) is 0 Å². The Kier molecular flexibility index (Phi) is 7.11. The molecule has 1 aliphatic rings. The first kappa shape index (κ1) is 20.0. The van der Waals surface area contributed by atoms with Crippen LogP contribution in [-0.2, 0) is 22.6 Å². The molecule has 1 heterocycles. The molecule has 3 rings (SSSR count). The molecule has 0 aliphatic carbocycles. The molecule has 28 heavy (non-hydrogen) atoms. The fourth-order valence-electron chi connectivity index (χ4n) is 2.94. The molecule has 2 aromatic rings. The van der Waals surface area contributed by atoms with Crippen LogP contribution in [0.3, 0.4) is 0 Å². The number of carbonyl (C=O) groups excluding carboxylic acids is 2. The maximum absolute atomic E-state index is 13.1. The van der Waals surface area contributed by atoms with Crippen LogP contribution in [0.4, 0.5) is 4.39 Å². The third-order valence-corrected chi connectivity index (χ3v) is 4.52.